The molecule has 7 nitrogen and oxygen atoms in total. The molecule has 8 heteroatoms. The van der Waals surface area contributed by atoms with Gasteiger partial charge in [-0.05, 0) is 48.1 Å². The quantitative estimate of drug-likeness (QED) is 0.314. The largest absolute Gasteiger partial charge is 0.493 e. The zero-order valence-electron chi connectivity index (χ0n) is 16.2. The topological polar surface area (TPSA) is 91.0 Å². The molecule has 0 unspecified atom stereocenters. The van der Waals surface area contributed by atoms with E-state index in [1.165, 1.54) is 12.8 Å². The second-order valence-electron chi connectivity index (χ2n) is 6.50. The zero-order chi connectivity index (χ0) is 19.1. The molecule has 0 atom stereocenters. The lowest BCUT2D eigenvalue weighted by molar-refractivity contribution is 0.288. The summed E-state index contributed by atoms with van der Waals surface area (Å²) in [7, 11) is 3.22. The number of hydrogen-bond acceptors (Lipinski definition) is 5. The highest BCUT2D eigenvalue weighted by atomic mass is 127. The summed E-state index contributed by atoms with van der Waals surface area (Å²) in [6.07, 6.45) is 4.26. The van der Waals surface area contributed by atoms with Gasteiger partial charge in [0.15, 0.2) is 17.5 Å². The number of benzene rings is 1. The molecule has 3 rings (SSSR count). The van der Waals surface area contributed by atoms with Crippen LogP contribution in [-0.2, 0) is 13.1 Å². The first kappa shape index (κ1) is 22.1. The van der Waals surface area contributed by atoms with Crippen molar-refractivity contribution in [3.05, 3.63) is 47.7 Å². The molecule has 1 fully saturated rings. The van der Waals surface area contributed by atoms with Crippen LogP contribution in [0.1, 0.15) is 24.0 Å². The molecule has 0 bridgehead atoms. The molecule has 28 heavy (non-hydrogen) atoms. The molecule has 0 aliphatic heterocycles. The Kier molecular flexibility index (Phi) is 8.62. The summed E-state index contributed by atoms with van der Waals surface area (Å²) in [5, 5.41) is 3.11. The molecule has 1 saturated carbocycles. The summed E-state index contributed by atoms with van der Waals surface area (Å²) in [4.78, 5) is 8.61. The van der Waals surface area contributed by atoms with Gasteiger partial charge in [-0.1, -0.05) is 6.07 Å². The van der Waals surface area contributed by atoms with E-state index >= 15 is 0 Å². The predicted molar refractivity (Wildman–Crippen MR) is 120 cm³/mol. The fourth-order valence-electron chi connectivity index (χ4n) is 2.53. The lowest BCUT2D eigenvalue weighted by Gasteiger charge is -2.10. The summed E-state index contributed by atoms with van der Waals surface area (Å²) in [6.45, 7) is 1.76. The molecule has 0 radical (unpaired) electrons. The number of rotatable bonds is 9. The van der Waals surface area contributed by atoms with Gasteiger partial charge in [-0.15, -0.1) is 24.0 Å². The fraction of sp³-hybridized carbons (Fsp3) is 0.400. The van der Waals surface area contributed by atoms with Gasteiger partial charge in [-0.2, -0.15) is 0 Å². The first-order valence-electron chi connectivity index (χ1n) is 9.00. The Balaban J connectivity index is 0.00000280. The Morgan fingerprint density at radius 3 is 2.64 bits per heavy atom. The minimum Gasteiger partial charge on any atom is -0.493 e. The van der Waals surface area contributed by atoms with Gasteiger partial charge in [0, 0.05) is 18.8 Å². The Bertz CT molecular complexity index is 797. The molecule has 152 valence electrons. The van der Waals surface area contributed by atoms with Crippen molar-refractivity contribution in [3.63, 3.8) is 0 Å². The maximum absolute atomic E-state index is 5.98. The zero-order valence-corrected chi connectivity index (χ0v) is 18.5. The average molecular weight is 498 g/mol. The van der Waals surface area contributed by atoms with Crippen LogP contribution in [0.5, 0.6) is 17.4 Å². The van der Waals surface area contributed by atoms with Crippen LogP contribution < -0.4 is 25.3 Å². The molecule has 0 spiro atoms. The number of nitrogens with two attached hydrogens (primary N) is 1. The Morgan fingerprint density at radius 1 is 1.14 bits per heavy atom. The smallest absolute Gasteiger partial charge is 0.213 e. The van der Waals surface area contributed by atoms with E-state index in [2.05, 4.69) is 15.3 Å². The third-order valence-electron chi connectivity index (χ3n) is 4.32. The van der Waals surface area contributed by atoms with E-state index in [1.54, 1.807) is 20.4 Å². The van der Waals surface area contributed by atoms with E-state index in [1.807, 2.05) is 30.3 Å². The average Bonchev–Trinajstić information content (AvgIpc) is 3.53. The van der Waals surface area contributed by atoms with E-state index in [-0.39, 0.29) is 24.0 Å². The van der Waals surface area contributed by atoms with Crippen LogP contribution in [0.3, 0.4) is 0 Å². The van der Waals surface area contributed by atoms with Crippen molar-refractivity contribution in [3.8, 4) is 17.4 Å². The summed E-state index contributed by atoms with van der Waals surface area (Å²) in [6, 6.07) is 9.54. The second kappa shape index (κ2) is 10.9. The molecule has 2 aromatic rings. The van der Waals surface area contributed by atoms with E-state index < -0.39 is 0 Å². The molecule has 0 amide bonds. The maximum atomic E-state index is 5.98. The van der Waals surface area contributed by atoms with Crippen molar-refractivity contribution in [1.29, 1.82) is 0 Å². The minimum atomic E-state index is 0. The maximum Gasteiger partial charge on any atom is 0.213 e. The van der Waals surface area contributed by atoms with Gasteiger partial charge in [-0.25, -0.2) is 9.98 Å². The first-order chi connectivity index (χ1) is 13.2. The number of nitrogens with zero attached hydrogens (tertiary/aromatic N) is 2. The standard InChI is InChI=1S/C20H26N4O3.HI/c1-25-17-6-5-15(9-18(17)26-2)11-23-20(21)24-12-16-7-8-22-19(10-16)27-13-14-3-4-14;/h5-10,14H,3-4,11-13H2,1-2H3,(H3,21,23,24);1H. The SMILES string of the molecule is COc1ccc(CN=C(N)NCc2ccnc(OCC3CC3)c2)cc1OC.I. The molecular weight excluding hydrogens is 471 g/mol. The second-order valence-corrected chi connectivity index (χ2v) is 6.50. The monoisotopic (exact) mass is 498 g/mol. The highest BCUT2D eigenvalue weighted by Gasteiger charge is 2.22. The van der Waals surface area contributed by atoms with Gasteiger partial charge in [-0.3, -0.25) is 0 Å². The van der Waals surface area contributed by atoms with Crippen molar-refractivity contribution in [2.75, 3.05) is 20.8 Å². The molecule has 1 aromatic carbocycles. The first-order valence-corrected chi connectivity index (χ1v) is 9.00. The van der Waals surface area contributed by atoms with Gasteiger partial charge in [0.25, 0.3) is 0 Å². The lowest BCUT2D eigenvalue weighted by Crippen LogP contribution is -2.31. The fourth-order valence-corrected chi connectivity index (χ4v) is 2.53. The van der Waals surface area contributed by atoms with E-state index in [0.717, 1.165) is 17.7 Å². The van der Waals surface area contributed by atoms with Crippen LogP contribution in [-0.4, -0.2) is 31.8 Å². The number of aromatic nitrogens is 1. The van der Waals surface area contributed by atoms with Crippen molar-refractivity contribution < 1.29 is 14.2 Å². The van der Waals surface area contributed by atoms with Crippen LogP contribution in [0.25, 0.3) is 0 Å². The Labute approximate surface area is 182 Å². The summed E-state index contributed by atoms with van der Waals surface area (Å²) in [5.74, 6) is 3.10. The molecule has 1 heterocycles. The highest BCUT2D eigenvalue weighted by molar-refractivity contribution is 14.0. The summed E-state index contributed by atoms with van der Waals surface area (Å²) in [5.41, 5.74) is 8.00. The van der Waals surface area contributed by atoms with E-state index in [9.17, 15) is 0 Å². The molecule has 1 aliphatic rings. The summed E-state index contributed by atoms with van der Waals surface area (Å²) >= 11 is 0. The number of methoxy groups -OCH3 is 2. The number of nitrogens with one attached hydrogen (secondary N) is 1. The van der Waals surface area contributed by atoms with Gasteiger partial charge in [0.05, 0.1) is 27.4 Å². The van der Waals surface area contributed by atoms with E-state index in [0.29, 0.717) is 42.3 Å². The van der Waals surface area contributed by atoms with Crippen LogP contribution in [0.2, 0.25) is 0 Å². The molecule has 0 saturated heterocycles. The third kappa shape index (κ3) is 6.74. The number of pyridine rings is 1. The minimum absolute atomic E-state index is 0. The number of ether oxygens (including phenoxy) is 3. The molecule has 3 N–H and O–H groups in total. The van der Waals surface area contributed by atoms with Crippen molar-refractivity contribution in [2.45, 2.75) is 25.9 Å². The number of guanidine groups is 1. The van der Waals surface area contributed by atoms with Crippen LogP contribution in [0, 0.1) is 5.92 Å². The third-order valence-corrected chi connectivity index (χ3v) is 4.32. The number of halogens is 1. The molecule has 1 aliphatic carbocycles. The normalized spacial score (nSPS) is 13.4. The van der Waals surface area contributed by atoms with Crippen molar-refractivity contribution >= 4 is 29.9 Å². The predicted octanol–water partition coefficient (Wildman–Crippen LogP) is 3.11. The van der Waals surface area contributed by atoms with Crippen LogP contribution in [0.4, 0.5) is 0 Å². The number of aliphatic imine (C=N–C) groups is 1. The van der Waals surface area contributed by atoms with Crippen molar-refractivity contribution in [1.82, 2.24) is 10.3 Å². The Morgan fingerprint density at radius 2 is 1.93 bits per heavy atom. The van der Waals surface area contributed by atoms with Gasteiger partial charge >= 0.3 is 0 Å². The molecule has 1 aromatic heterocycles. The lowest BCUT2D eigenvalue weighted by atomic mass is 10.2. The molecular formula is C20H27IN4O3. The Hall–Kier alpha value is -2.23. The van der Waals surface area contributed by atoms with Gasteiger partial charge in [0.1, 0.15) is 0 Å². The van der Waals surface area contributed by atoms with Gasteiger partial charge < -0.3 is 25.3 Å². The highest BCUT2D eigenvalue weighted by Crippen LogP contribution is 2.29. The van der Waals surface area contributed by atoms with Gasteiger partial charge in [0.2, 0.25) is 5.88 Å². The van der Waals surface area contributed by atoms with E-state index in [4.69, 9.17) is 19.9 Å². The van der Waals surface area contributed by atoms with Crippen LogP contribution >= 0.6 is 24.0 Å². The van der Waals surface area contributed by atoms with Crippen molar-refractivity contribution in [2.24, 2.45) is 16.6 Å². The summed E-state index contributed by atoms with van der Waals surface area (Å²) < 4.78 is 16.2. The van der Waals surface area contributed by atoms with Crippen LogP contribution in [0.15, 0.2) is 41.5 Å². The number of hydrogen-bond donors (Lipinski definition) is 2.